The summed E-state index contributed by atoms with van der Waals surface area (Å²) in [7, 11) is 0. The van der Waals surface area contributed by atoms with Gasteiger partial charge in [-0.1, -0.05) is 48.0 Å². The average Bonchev–Trinajstić information content (AvgIpc) is 3.01. The Morgan fingerprint density at radius 1 is 0.917 bits per heavy atom. The molecule has 1 aliphatic rings. The second-order valence-electron chi connectivity index (χ2n) is 8.49. The minimum atomic E-state index is -0.467. The van der Waals surface area contributed by atoms with Gasteiger partial charge in [0.05, 0.1) is 25.9 Å². The van der Waals surface area contributed by atoms with E-state index in [2.05, 4.69) is 5.32 Å². The molecule has 0 aromatic heterocycles. The molecule has 0 saturated heterocycles. The Morgan fingerprint density at radius 2 is 1.56 bits per heavy atom. The van der Waals surface area contributed by atoms with Crippen molar-refractivity contribution >= 4 is 17.5 Å². The van der Waals surface area contributed by atoms with Crippen LogP contribution >= 0.6 is 0 Å². The third-order valence-corrected chi connectivity index (χ3v) is 5.93. The maximum atomic E-state index is 14.2. The number of nitrogens with one attached hydrogen (secondary N) is 1. The molecule has 0 radical (unpaired) electrons. The van der Waals surface area contributed by atoms with Crippen molar-refractivity contribution in [3.05, 3.63) is 82.9 Å². The van der Waals surface area contributed by atoms with Crippen molar-refractivity contribution in [2.24, 2.45) is 0 Å². The first-order valence-electron chi connectivity index (χ1n) is 12.3. The molecule has 0 bridgehead atoms. The van der Waals surface area contributed by atoms with Gasteiger partial charge in [0.2, 0.25) is 11.7 Å². The maximum Gasteiger partial charge on any atom is 0.255 e. The Hall–Kier alpha value is -4.00. The van der Waals surface area contributed by atoms with Crippen LogP contribution in [0.25, 0.3) is 0 Å². The number of hydrogen-bond acceptors (Lipinski definition) is 5. The normalized spacial score (nSPS) is 14.9. The van der Waals surface area contributed by atoms with E-state index in [0.717, 1.165) is 16.7 Å². The summed E-state index contributed by atoms with van der Waals surface area (Å²) in [5.41, 5.74) is 3.87. The predicted molar refractivity (Wildman–Crippen MR) is 139 cm³/mol. The summed E-state index contributed by atoms with van der Waals surface area (Å²) >= 11 is 0. The molecule has 1 atom stereocenters. The highest BCUT2D eigenvalue weighted by Crippen LogP contribution is 2.41. The molecule has 7 nitrogen and oxygen atoms in total. The van der Waals surface area contributed by atoms with Crippen molar-refractivity contribution in [1.29, 1.82) is 0 Å². The summed E-state index contributed by atoms with van der Waals surface area (Å²) in [6, 6.07) is 18.5. The second-order valence-corrected chi connectivity index (χ2v) is 8.49. The summed E-state index contributed by atoms with van der Waals surface area (Å²) in [5, 5.41) is 2.97. The number of nitrogens with zero attached hydrogens (tertiary/aromatic N) is 1. The summed E-state index contributed by atoms with van der Waals surface area (Å²) in [6.45, 7) is 8.73. The number of carbonyl (C=O) groups is 2. The first-order valence-corrected chi connectivity index (χ1v) is 12.3. The van der Waals surface area contributed by atoms with Crippen LogP contribution in [-0.4, -0.2) is 43.1 Å². The van der Waals surface area contributed by atoms with Gasteiger partial charge in [-0.15, -0.1) is 0 Å². The van der Waals surface area contributed by atoms with Gasteiger partial charge in [0.25, 0.3) is 5.91 Å². The maximum absolute atomic E-state index is 14.2. The van der Waals surface area contributed by atoms with Crippen molar-refractivity contribution in [3.63, 3.8) is 0 Å². The Kier molecular flexibility index (Phi) is 7.78. The minimum absolute atomic E-state index is 0.104. The van der Waals surface area contributed by atoms with Crippen LogP contribution in [0.4, 0.5) is 5.69 Å². The molecule has 7 heteroatoms. The Labute approximate surface area is 212 Å². The van der Waals surface area contributed by atoms with Crippen molar-refractivity contribution < 1.29 is 23.8 Å². The van der Waals surface area contributed by atoms with Gasteiger partial charge in [0.15, 0.2) is 11.5 Å². The molecule has 1 N–H and O–H groups in total. The third-order valence-electron chi connectivity index (χ3n) is 5.93. The molecule has 36 heavy (non-hydrogen) atoms. The first-order chi connectivity index (χ1) is 17.5. The summed E-state index contributed by atoms with van der Waals surface area (Å²) in [5.74, 6) is 0.763. The van der Waals surface area contributed by atoms with E-state index in [-0.39, 0.29) is 18.4 Å². The van der Waals surface area contributed by atoms with Gasteiger partial charge in [-0.05, 0) is 51.5 Å². The zero-order valence-corrected chi connectivity index (χ0v) is 21.2. The topological polar surface area (TPSA) is 77.1 Å². The van der Waals surface area contributed by atoms with E-state index in [1.165, 1.54) is 0 Å². The molecule has 0 saturated carbocycles. The SMILES string of the molecule is CCOc1cc(C(=O)N2CC(=O)Nc3ccc(C)cc3[C@H]2c2ccccc2)cc(OCC)c1OCC. The molecule has 1 aliphatic heterocycles. The number of amides is 2. The summed E-state index contributed by atoms with van der Waals surface area (Å²) < 4.78 is 17.5. The minimum Gasteiger partial charge on any atom is -0.490 e. The smallest absolute Gasteiger partial charge is 0.255 e. The van der Waals surface area contributed by atoms with Crippen LogP contribution in [0.5, 0.6) is 17.2 Å². The number of ether oxygens (including phenoxy) is 3. The molecule has 0 spiro atoms. The van der Waals surface area contributed by atoms with Crippen molar-refractivity contribution in [1.82, 2.24) is 4.90 Å². The van der Waals surface area contributed by atoms with E-state index in [4.69, 9.17) is 14.2 Å². The van der Waals surface area contributed by atoms with Crippen LogP contribution in [0.1, 0.15) is 53.9 Å². The second kappa shape index (κ2) is 11.2. The van der Waals surface area contributed by atoms with Crippen LogP contribution in [0.15, 0.2) is 60.7 Å². The largest absolute Gasteiger partial charge is 0.490 e. The number of fused-ring (bicyclic) bond motifs is 1. The quantitative estimate of drug-likeness (QED) is 0.461. The highest BCUT2D eigenvalue weighted by molar-refractivity contribution is 6.02. The van der Waals surface area contributed by atoms with E-state index in [9.17, 15) is 9.59 Å². The van der Waals surface area contributed by atoms with Crippen molar-refractivity contribution in [2.45, 2.75) is 33.7 Å². The summed E-state index contributed by atoms with van der Waals surface area (Å²) in [4.78, 5) is 28.7. The molecule has 3 aromatic rings. The highest BCUT2D eigenvalue weighted by Gasteiger charge is 2.35. The van der Waals surface area contributed by atoms with E-state index < -0.39 is 6.04 Å². The van der Waals surface area contributed by atoms with Gasteiger partial charge in [-0.25, -0.2) is 0 Å². The van der Waals surface area contributed by atoms with E-state index >= 15 is 0 Å². The third kappa shape index (κ3) is 5.15. The van der Waals surface area contributed by atoms with Crippen molar-refractivity contribution in [2.75, 3.05) is 31.7 Å². The molecule has 0 fully saturated rings. The van der Waals surface area contributed by atoms with Crippen molar-refractivity contribution in [3.8, 4) is 17.2 Å². The Bertz CT molecular complexity index is 1210. The predicted octanol–water partition coefficient (Wildman–Crippen LogP) is 5.38. The zero-order valence-electron chi connectivity index (χ0n) is 21.2. The van der Waals surface area contributed by atoms with Gasteiger partial charge in [-0.3, -0.25) is 9.59 Å². The molecular weight excluding hydrogens is 456 g/mol. The number of carbonyl (C=O) groups excluding carboxylic acids is 2. The zero-order chi connectivity index (χ0) is 25.7. The number of aryl methyl sites for hydroxylation is 1. The monoisotopic (exact) mass is 488 g/mol. The fourth-order valence-corrected chi connectivity index (χ4v) is 4.49. The van der Waals surface area contributed by atoms with Crippen LogP contribution < -0.4 is 19.5 Å². The van der Waals surface area contributed by atoms with Crippen LogP contribution in [0, 0.1) is 6.92 Å². The molecule has 0 unspecified atom stereocenters. The lowest BCUT2D eigenvalue weighted by atomic mass is 9.94. The number of anilines is 1. The van der Waals surface area contributed by atoms with Crippen LogP contribution in [-0.2, 0) is 4.79 Å². The average molecular weight is 489 g/mol. The molecule has 3 aromatic carbocycles. The molecule has 0 aliphatic carbocycles. The van der Waals surface area contributed by atoms with E-state index in [0.29, 0.717) is 48.3 Å². The molecule has 4 rings (SSSR count). The first kappa shape index (κ1) is 25.1. The lowest BCUT2D eigenvalue weighted by Crippen LogP contribution is -2.39. The fourth-order valence-electron chi connectivity index (χ4n) is 4.49. The van der Waals surface area contributed by atoms with Crippen LogP contribution in [0.2, 0.25) is 0 Å². The Balaban J connectivity index is 1.87. The highest BCUT2D eigenvalue weighted by atomic mass is 16.5. The standard InChI is InChI=1S/C29H32N2O5/c1-5-34-24-16-21(17-25(35-6-2)28(24)36-7-3)29(33)31-18-26(32)30-23-14-13-19(4)15-22(23)27(31)20-11-9-8-10-12-20/h8-17,27H,5-7,18H2,1-4H3,(H,30,32)/t27-/m1/s1. The lowest BCUT2D eigenvalue weighted by molar-refractivity contribution is -0.117. The van der Waals surface area contributed by atoms with E-state index in [1.54, 1.807) is 17.0 Å². The number of rotatable bonds is 8. The van der Waals surface area contributed by atoms with Gasteiger partial charge < -0.3 is 24.4 Å². The van der Waals surface area contributed by atoms with Gasteiger partial charge >= 0.3 is 0 Å². The molecular formula is C29H32N2O5. The summed E-state index contributed by atoms with van der Waals surface area (Å²) in [6.07, 6.45) is 0. The fraction of sp³-hybridized carbons (Fsp3) is 0.310. The van der Waals surface area contributed by atoms with Crippen LogP contribution in [0.3, 0.4) is 0 Å². The Morgan fingerprint density at radius 3 is 2.17 bits per heavy atom. The molecule has 188 valence electrons. The van der Waals surface area contributed by atoms with Gasteiger partial charge in [0, 0.05) is 16.8 Å². The van der Waals surface area contributed by atoms with E-state index in [1.807, 2.05) is 76.2 Å². The van der Waals surface area contributed by atoms with Gasteiger partial charge in [0.1, 0.15) is 6.54 Å². The molecule has 2 amide bonds. The number of benzene rings is 3. The number of hydrogen-bond donors (Lipinski definition) is 1. The van der Waals surface area contributed by atoms with Gasteiger partial charge in [-0.2, -0.15) is 0 Å². The lowest BCUT2D eigenvalue weighted by Gasteiger charge is -2.31. The molecule has 1 heterocycles.